The van der Waals surface area contributed by atoms with Crippen LogP contribution in [0.25, 0.3) is 0 Å². The van der Waals surface area contributed by atoms with Crippen molar-refractivity contribution in [3.63, 3.8) is 0 Å². The lowest BCUT2D eigenvalue weighted by molar-refractivity contribution is 0.747. The van der Waals surface area contributed by atoms with Crippen LogP contribution in [-0.4, -0.2) is 0 Å². The van der Waals surface area contributed by atoms with E-state index in [1.165, 1.54) is 35.1 Å². The van der Waals surface area contributed by atoms with Crippen molar-refractivity contribution < 1.29 is 0 Å². The first-order valence-electron chi connectivity index (χ1n) is 7.87. The van der Waals surface area contributed by atoms with E-state index in [-0.39, 0.29) is 0 Å². The molecule has 0 aromatic heterocycles. The first-order valence-corrected chi connectivity index (χ1v) is 7.87. The molecule has 0 saturated carbocycles. The zero-order chi connectivity index (χ0) is 14.1. The van der Waals surface area contributed by atoms with Crippen molar-refractivity contribution in [3.8, 4) is 0 Å². The smallest absolute Gasteiger partial charge is 0.00229 e. The molecule has 3 rings (SSSR count). The molecule has 1 atom stereocenters. The molecule has 1 aliphatic carbocycles. The summed E-state index contributed by atoms with van der Waals surface area (Å²) in [5.74, 6) is 0.754. The number of fused-ring (bicyclic) bond motifs is 1. The predicted molar refractivity (Wildman–Crippen MR) is 86.5 cm³/mol. The van der Waals surface area contributed by atoms with Gasteiger partial charge in [0.25, 0.3) is 0 Å². The van der Waals surface area contributed by atoms with Gasteiger partial charge in [-0.25, -0.2) is 0 Å². The van der Waals surface area contributed by atoms with E-state index in [2.05, 4.69) is 57.2 Å². The van der Waals surface area contributed by atoms with Gasteiger partial charge in [-0.1, -0.05) is 55.8 Å². The molecule has 104 valence electrons. The molecule has 0 fully saturated rings. The standard InChI is InChI=1S/C20H24/c1-4-17-11-14(2)5-8-18(17)12-16-7-10-20-15(3)6-9-19(20)13-16/h5,7-8,10-11,13,15H,4,6,9,12H2,1-3H3. The number of aryl methyl sites for hydroxylation is 3. The Balaban J connectivity index is 1.89. The van der Waals surface area contributed by atoms with Crippen molar-refractivity contribution in [2.24, 2.45) is 0 Å². The second kappa shape index (κ2) is 5.44. The minimum Gasteiger partial charge on any atom is -0.0613 e. The predicted octanol–water partition coefficient (Wildman–Crippen LogP) is 5.20. The monoisotopic (exact) mass is 264 g/mol. The van der Waals surface area contributed by atoms with Gasteiger partial charge in [0.15, 0.2) is 0 Å². The summed E-state index contributed by atoms with van der Waals surface area (Å²) < 4.78 is 0. The Morgan fingerprint density at radius 2 is 1.90 bits per heavy atom. The second-order valence-corrected chi connectivity index (χ2v) is 6.28. The highest BCUT2D eigenvalue weighted by molar-refractivity contribution is 5.41. The molecule has 0 saturated heterocycles. The molecule has 1 aliphatic rings. The molecule has 0 spiro atoms. The normalized spacial score (nSPS) is 17.2. The highest BCUT2D eigenvalue weighted by Crippen LogP contribution is 2.33. The van der Waals surface area contributed by atoms with E-state index >= 15 is 0 Å². The van der Waals surface area contributed by atoms with Crippen LogP contribution in [0, 0.1) is 6.92 Å². The van der Waals surface area contributed by atoms with Crippen LogP contribution in [0.1, 0.15) is 59.6 Å². The SMILES string of the molecule is CCc1cc(C)ccc1Cc1ccc2c(c1)CCC2C. The summed E-state index contributed by atoms with van der Waals surface area (Å²) in [4.78, 5) is 0. The maximum absolute atomic E-state index is 2.44. The van der Waals surface area contributed by atoms with Gasteiger partial charge in [-0.3, -0.25) is 0 Å². The number of benzene rings is 2. The van der Waals surface area contributed by atoms with Crippen molar-refractivity contribution in [1.82, 2.24) is 0 Å². The van der Waals surface area contributed by atoms with Crippen molar-refractivity contribution in [3.05, 3.63) is 69.8 Å². The lowest BCUT2D eigenvalue weighted by atomic mass is 9.94. The molecule has 1 unspecified atom stereocenters. The van der Waals surface area contributed by atoms with Crippen molar-refractivity contribution in [1.29, 1.82) is 0 Å². The zero-order valence-electron chi connectivity index (χ0n) is 12.9. The molecule has 0 N–H and O–H groups in total. The van der Waals surface area contributed by atoms with E-state index in [4.69, 9.17) is 0 Å². The minimum atomic E-state index is 0.754. The van der Waals surface area contributed by atoms with Crippen LogP contribution in [0.4, 0.5) is 0 Å². The van der Waals surface area contributed by atoms with Crippen molar-refractivity contribution in [2.75, 3.05) is 0 Å². The maximum atomic E-state index is 2.44. The third kappa shape index (κ3) is 2.52. The van der Waals surface area contributed by atoms with Crippen LogP contribution in [0.15, 0.2) is 36.4 Å². The van der Waals surface area contributed by atoms with Crippen LogP contribution in [0.5, 0.6) is 0 Å². The fourth-order valence-electron chi connectivity index (χ4n) is 3.47. The molecular formula is C20H24. The Labute approximate surface area is 122 Å². The van der Waals surface area contributed by atoms with Gasteiger partial charge in [0.2, 0.25) is 0 Å². The van der Waals surface area contributed by atoms with Crippen LogP contribution < -0.4 is 0 Å². The molecule has 0 bridgehead atoms. The average molecular weight is 264 g/mol. The van der Waals surface area contributed by atoms with Gasteiger partial charge < -0.3 is 0 Å². The second-order valence-electron chi connectivity index (χ2n) is 6.28. The first kappa shape index (κ1) is 13.4. The lowest BCUT2D eigenvalue weighted by Crippen LogP contribution is -1.97. The molecule has 0 nitrogen and oxygen atoms in total. The fourth-order valence-corrected chi connectivity index (χ4v) is 3.47. The molecule has 0 heterocycles. The first-order chi connectivity index (χ1) is 9.67. The highest BCUT2D eigenvalue weighted by Gasteiger charge is 2.18. The Kier molecular flexibility index (Phi) is 3.65. The summed E-state index contributed by atoms with van der Waals surface area (Å²) in [5.41, 5.74) is 8.99. The maximum Gasteiger partial charge on any atom is -0.00229 e. The largest absolute Gasteiger partial charge is 0.0613 e. The highest BCUT2D eigenvalue weighted by atomic mass is 14.2. The zero-order valence-corrected chi connectivity index (χ0v) is 12.9. The minimum absolute atomic E-state index is 0.754. The van der Waals surface area contributed by atoms with Crippen LogP contribution in [-0.2, 0) is 19.3 Å². The number of hydrogen-bond donors (Lipinski definition) is 0. The van der Waals surface area contributed by atoms with E-state index in [0.717, 1.165) is 18.8 Å². The molecular weight excluding hydrogens is 240 g/mol. The third-order valence-electron chi connectivity index (χ3n) is 4.72. The summed E-state index contributed by atoms with van der Waals surface area (Å²) in [6, 6.07) is 14.0. The number of rotatable bonds is 3. The summed E-state index contributed by atoms with van der Waals surface area (Å²) in [6.45, 7) is 6.78. The van der Waals surface area contributed by atoms with Crippen molar-refractivity contribution >= 4 is 0 Å². The van der Waals surface area contributed by atoms with E-state index in [0.29, 0.717) is 0 Å². The third-order valence-corrected chi connectivity index (χ3v) is 4.72. The summed E-state index contributed by atoms with van der Waals surface area (Å²) in [6.07, 6.45) is 4.78. The van der Waals surface area contributed by atoms with Gasteiger partial charge in [-0.15, -0.1) is 0 Å². The topological polar surface area (TPSA) is 0 Å². The van der Waals surface area contributed by atoms with Crippen LogP contribution >= 0.6 is 0 Å². The van der Waals surface area contributed by atoms with Gasteiger partial charge in [-0.2, -0.15) is 0 Å². The molecule has 0 aliphatic heterocycles. The van der Waals surface area contributed by atoms with Gasteiger partial charge in [0, 0.05) is 0 Å². The van der Waals surface area contributed by atoms with Gasteiger partial charge in [0.1, 0.15) is 0 Å². The Bertz CT molecular complexity index is 622. The lowest BCUT2D eigenvalue weighted by Gasteiger charge is -2.11. The van der Waals surface area contributed by atoms with E-state index in [1.807, 2.05) is 0 Å². The van der Waals surface area contributed by atoms with E-state index in [1.54, 1.807) is 11.1 Å². The molecule has 0 heteroatoms. The molecule has 2 aromatic rings. The summed E-state index contributed by atoms with van der Waals surface area (Å²) in [5, 5.41) is 0. The van der Waals surface area contributed by atoms with Crippen LogP contribution in [0.3, 0.4) is 0 Å². The van der Waals surface area contributed by atoms with E-state index < -0.39 is 0 Å². The van der Waals surface area contributed by atoms with Gasteiger partial charge in [0.05, 0.1) is 0 Å². The average Bonchev–Trinajstić information content (AvgIpc) is 2.82. The Morgan fingerprint density at radius 3 is 2.70 bits per heavy atom. The Morgan fingerprint density at radius 1 is 1.05 bits per heavy atom. The Hall–Kier alpha value is -1.56. The van der Waals surface area contributed by atoms with Crippen LogP contribution in [0.2, 0.25) is 0 Å². The van der Waals surface area contributed by atoms with E-state index in [9.17, 15) is 0 Å². The quantitative estimate of drug-likeness (QED) is 0.715. The number of hydrogen-bond acceptors (Lipinski definition) is 0. The molecule has 0 radical (unpaired) electrons. The molecule has 0 amide bonds. The van der Waals surface area contributed by atoms with Gasteiger partial charge in [-0.05, 0) is 66.3 Å². The molecule has 20 heavy (non-hydrogen) atoms. The van der Waals surface area contributed by atoms with Gasteiger partial charge >= 0.3 is 0 Å². The fraction of sp³-hybridized carbons (Fsp3) is 0.400. The summed E-state index contributed by atoms with van der Waals surface area (Å²) in [7, 11) is 0. The van der Waals surface area contributed by atoms with Crippen molar-refractivity contribution in [2.45, 2.75) is 52.4 Å². The molecule has 2 aromatic carbocycles. The summed E-state index contributed by atoms with van der Waals surface area (Å²) >= 11 is 0.